The number of rotatable bonds is 2. The van der Waals surface area contributed by atoms with Gasteiger partial charge in [0.05, 0.1) is 12.2 Å². The van der Waals surface area contributed by atoms with E-state index in [1.807, 2.05) is 20.8 Å². The maximum Gasteiger partial charge on any atom is 0.303 e. The van der Waals surface area contributed by atoms with Gasteiger partial charge in [0, 0.05) is 30.6 Å². The summed E-state index contributed by atoms with van der Waals surface area (Å²) >= 11 is 0. The fourth-order valence-electron chi connectivity index (χ4n) is 8.48. The van der Waals surface area contributed by atoms with Crippen molar-refractivity contribution < 1.29 is 34.1 Å². The second-order valence-electron chi connectivity index (χ2n) is 11.2. The molecule has 0 saturated heterocycles. The van der Waals surface area contributed by atoms with Gasteiger partial charge in [0.25, 0.3) is 0 Å². The van der Waals surface area contributed by atoms with E-state index in [0.717, 1.165) is 0 Å². The minimum absolute atomic E-state index is 0.0368. The number of esters is 2. The first-order valence-electron chi connectivity index (χ1n) is 11.2. The number of carbonyl (C=O) groups excluding carboxylic acids is 3. The predicted molar refractivity (Wildman–Crippen MR) is 111 cm³/mol. The largest absolute Gasteiger partial charge is 0.462 e. The zero-order chi connectivity index (χ0) is 23.1. The van der Waals surface area contributed by atoms with Crippen LogP contribution in [0.4, 0.5) is 0 Å². The molecule has 4 saturated carbocycles. The van der Waals surface area contributed by atoms with Crippen LogP contribution in [0.1, 0.15) is 60.3 Å². The molecule has 9 atom stereocenters. The molecule has 0 heterocycles. The van der Waals surface area contributed by atoms with Crippen LogP contribution >= 0.6 is 0 Å². The van der Waals surface area contributed by atoms with Gasteiger partial charge in [-0.3, -0.25) is 14.4 Å². The summed E-state index contributed by atoms with van der Waals surface area (Å²) in [5.74, 6) is -1.70. The van der Waals surface area contributed by atoms with E-state index in [2.05, 4.69) is 6.58 Å². The monoisotopic (exact) mass is 434 g/mol. The van der Waals surface area contributed by atoms with Crippen LogP contribution in [0.15, 0.2) is 12.2 Å². The Morgan fingerprint density at radius 3 is 2.16 bits per heavy atom. The summed E-state index contributed by atoms with van der Waals surface area (Å²) in [6.07, 6.45) is -1.43. The first-order valence-corrected chi connectivity index (χ1v) is 11.2. The van der Waals surface area contributed by atoms with Gasteiger partial charge in [-0.1, -0.05) is 27.4 Å². The molecule has 4 rings (SSSR count). The Morgan fingerprint density at radius 1 is 0.968 bits per heavy atom. The van der Waals surface area contributed by atoms with Crippen LogP contribution in [0.5, 0.6) is 0 Å². The van der Waals surface area contributed by atoms with E-state index in [0.29, 0.717) is 18.4 Å². The van der Waals surface area contributed by atoms with E-state index in [-0.39, 0.29) is 36.4 Å². The van der Waals surface area contributed by atoms with Crippen molar-refractivity contribution >= 4 is 17.7 Å². The van der Waals surface area contributed by atoms with Gasteiger partial charge >= 0.3 is 11.9 Å². The average Bonchev–Trinajstić information content (AvgIpc) is 2.77. The molecule has 2 unspecified atom stereocenters. The second-order valence-corrected chi connectivity index (χ2v) is 11.2. The molecule has 0 aliphatic heterocycles. The molecule has 2 bridgehead atoms. The molecule has 1 spiro atoms. The lowest BCUT2D eigenvalue weighted by Gasteiger charge is -2.67. The Kier molecular flexibility index (Phi) is 4.99. The summed E-state index contributed by atoms with van der Waals surface area (Å²) in [7, 11) is 0. The Morgan fingerprint density at radius 2 is 1.58 bits per heavy atom. The van der Waals surface area contributed by atoms with E-state index < -0.39 is 52.6 Å². The summed E-state index contributed by atoms with van der Waals surface area (Å²) < 4.78 is 11.3. The molecule has 31 heavy (non-hydrogen) atoms. The Labute approximate surface area is 183 Å². The number of allylic oxidation sites excluding steroid dienone is 1. The van der Waals surface area contributed by atoms with E-state index in [9.17, 15) is 24.6 Å². The minimum Gasteiger partial charge on any atom is -0.462 e. The third-order valence-corrected chi connectivity index (χ3v) is 8.85. The molecule has 4 aliphatic rings. The topological polar surface area (TPSA) is 110 Å². The summed E-state index contributed by atoms with van der Waals surface area (Å²) in [5, 5.41) is 22.6. The zero-order valence-electron chi connectivity index (χ0n) is 19.0. The number of ketones is 1. The van der Waals surface area contributed by atoms with Gasteiger partial charge in [-0.05, 0) is 48.5 Å². The molecule has 172 valence electrons. The Hall–Kier alpha value is -1.73. The predicted octanol–water partition coefficient (Wildman–Crippen LogP) is 2.18. The van der Waals surface area contributed by atoms with Gasteiger partial charge in [-0.15, -0.1) is 0 Å². The van der Waals surface area contributed by atoms with Crippen LogP contribution < -0.4 is 0 Å². The van der Waals surface area contributed by atoms with Crippen LogP contribution in [0.25, 0.3) is 0 Å². The number of fused-ring (bicyclic) bond motifs is 3. The average molecular weight is 435 g/mol. The molecule has 2 N–H and O–H groups in total. The van der Waals surface area contributed by atoms with Gasteiger partial charge in [0.1, 0.15) is 12.2 Å². The standard InChI is InChI=1S/C24H34O7/c1-11-14-7-17(30-12(2)25)19-23(6)9-16(28)21(31-13(3)26)22(4,5)18(23)15(27)10-24(19,8-14)20(11)29/h14-19,21,27-28H,1,7-10H2,2-6H3/t14-,15?,16-,17-,18+,19-,21-,23?,24-/m0/s1. The van der Waals surface area contributed by atoms with E-state index in [4.69, 9.17) is 9.47 Å². The van der Waals surface area contributed by atoms with Crippen molar-refractivity contribution in [3.63, 3.8) is 0 Å². The smallest absolute Gasteiger partial charge is 0.303 e. The fourth-order valence-corrected chi connectivity index (χ4v) is 8.48. The number of ether oxygens (including phenoxy) is 2. The maximum absolute atomic E-state index is 13.5. The molecule has 4 fully saturated rings. The normalized spacial score (nSPS) is 47.9. The molecular weight excluding hydrogens is 400 g/mol. The van der Waals surface area contributed by atoms with Crippen LogP contribution in [-0.2, 0) is 23.9 Å². The highest BCUT2D eigenvalue weighted by Crippen LogP contribution is 2.71. The van der Waals surface area contributed by atoms with Crippen LogP contribution in [0.3, 0.4) is 0 Å². The summed E-state index contributed by atoms with van der Waals surface area (Å²) in [5.41, 5.74) is -1.75. The van der Waals surface area contributed by atoms with Crippen molar-refractivity contribution in [1.82, 2.24) is 0 Å². The van der Waals surface area contributed by atoms with Crippen molar-refractivity contribution in [2.24, 2.45) is 34.0 Å². The third kappa shape index (κ3) is 2.95. The summed E-state index contributed by atoms with van der Waals surface area (Å²) in [6.45, 7) is 12.5. The fraction of sp³-hybridized carbons (Fsp3) is 0.792. The number of carbonyl (C=O) groups is 3. The minimum atomic E-state index is -0.960. The highest BCUT2D eigenvalue weighted by Gasteiger charge is 2.74. The Balaban J connectivity index is 1.86. The number of hydrogen-bond acceptors (Lipinski definition) is 7. The van der Waals surface area contributed by atoms with Crippen molar-refractivity contribution in [1.29, 1.82) is 0 Å². The molecule has 7 nitrogen and oxygen atoms in total. The van der Waals surface area contributed by atoms with Gasteiger partial charge in [0.2, 0.25) is 0 Å². The van der Waals surface area contributed by atoms with Crippen LogP contribution in [0.2, 0.25) is 0 Å². The summed E-state index contributed by atoms with van der Waals surface area (Å²) in [6, 6.07) is 0. The van der Waals surface area contributed by atoms with Gasteiger partial charge in [-0.25, -0.2) is 0 Å². The lowest BCUT2D eigenvalue weighted by molar-refractivity contribution is -0.268. The van der Waals surface area contributed by atoms with Crippen LogP contribution in [-0.4, -0.2) is 52.4 Å². The molecule has 0 radical (unpaired) electrons. The second kappa shape index (κ2) is 6.88. The van der Waals surface area contributed by atoms with Crippen LogP contribution in [0, 0.1) is 34.0 Å². The van der Waals surface area contributed by atoms with Crippen molar-refractivity contribution in [2.75, 3.05) is 0 Å². The maximum atomic E-state index is 13.5. The van der Waals surface area contributed by atoms with Gasteiger partial charge < -0.3 is 19.7 Å². The van der Waals surface area contributed by atoms with Crippen molar-refractivity contribution in [3.8, 4) is 0 Å². The first kappa shape index (κ1) is 22.5. The number of Topliss-reactive ketones (excluding diaryl/α,β-unsaturated/α-hetero) is 1. The Bertz CT molecular complexity index is 847. The number of aliphatic hydroxyl groups excluding tert-OH is 2. The highest BCUT2D eigenvalue weighted by atomic mass is 16.6. The summed E-state index contributed by atoms with van der Waals surface area (Å²) in [4.78, 5) is 37.2. The third-order valence-electron chi connectivity index (χ3n) is 8.85. The molecule has 0 aromatic carbocycles. The first-order chi connectivity index (χ1) is 14.3. The highest BCUT2D eigenvalue weighted by molar-refractivity contribution is 6.03. The lowest BCUT2D eigenvalue weighted by Crippen LogP contribution is -2.70. The SMILES string of the molecule is C=C1C(=O)[C@@]23CC(O)[C@@H]4C(C)(C)[C@@H](OC(C)=O)[C@@H](O)CC4(C)[C@@H]2[C@@H](OC(C)=O)C[C@H]1C3. The van der Waals surface area contributed by atoms with Gasteiger partial charge in [0.15, 0.2) is 5.78 Å². The van der Waals surface area contributed by atoms with Gasteiger partial charge in [-0.2, -0.15) is 0 Å². The molecular formula is C24H34O7. The molecule has 4 aliphatic carbocycles. The molecule has 0 aromatic heterocycles. The van der Waals surface area contributed by atoms with E-state index in [1.54, 1.807) is 0 Å². The quantitative estimate of drug-likeness (QED) is 0.506. The molecule has 7 heteroatoms. The lowest BCUT2D eigenvalue weighted by atomic mass is 9.39. The van der Waals surface area contributed by atoms with Crippen molar-refractivity contribution in [3.05, 3.63) is 12.2 Å². The van der Waals surface area contributed by atoms with E-state index in [1.165, 1.54) is 13.8 Å². The molecule has 0 amide bonds. The van der Waals surface area contributed by atoms with E-state index >= 15 is 0 Å². The number of aliphatic hydroxyl groups is 2. The van der Waals surface area contributed by atoms with Crippen molar-refractivity contribution in [2.45, 2.75) is 84.7 Å². The number of hydrogen-bond donors (Lipinski definition) is 2. The zero-order valence-corrected chi connectivity index (χ0v) is 19.0. The molecule has 0 aromatic rings.